The summed E-state index contributed by atoms with van der Waals surface area (Å²) < 4.78 is 2.00. The van der Waals surface area contributed by atoms with Crippen LogP contribution in [0.1, 0.15) is 20.3 Å². The zero-order chi connectivity index (χ0) is 12.3. The maximum absolute atomic E-state index is 12.0. The first-order chi connectivity index (χ1) is 8.16. The largest absolute Gasteiger partial charge is 0.339 e. The standard InChI is InChI=1S/C12H20N4O/c1-10(2)14-11-3-5-16(12(11)17)8-7-15-6-4-13-9-15/h4,6,9-11,14H,3,5,7-8H2,1-2H3. The monoisotopic (exact) mass is 236 g/mol. The first-order valence-electron chi connectivity index (χ1n) is 6.17. The third kappa shape index (κ3) is 3.06. The second kappa shape index (κ2) is 5.31. The first kappa shape index (κ1) is 12.1. The van der Waals surface area contributed by atoms with Crippen LogP contribution in [0.3, 0.4) is 0 Å². The zero-order valence-electron chi connectivity index (χ0n) is 10.5. The fraction of sp³-hybridized carbons (Fsp3) is 0.667. The normalized spacial score (nSPS) is 20.5. The number of amides is 1. The average molecular weight is 236 g/mol. The van der Waals surface area contributed by atoms with Crippen molar-refractivity contribution in [1.29, 1.82) is 0 Å². The third-order valence-corrected chi connectivity index (χ3v) is 3.02. The molecule has 0 spiro atoms. The van der Waals surface area contributed by atoms with E-state index in [0.29, 0.717) is 6.04 Å². The number of hydrogen-bond acceptors (Lipinski definition) is 3. The number of rotatable bonds is 5. The molecular formula is C12H20N4O. The predicted molar refractivity (Wildman–Crippen MR) is 65.5 cm³/mol. The number of hydrogen-bond donors (Lipinski definition) is 1. The van der Waals surface area contributed by atoms with E-state index in [2.05, 4.69) is 24.1 Å². The van der Waals surface area contributed by atoms with Crippen LogP contribution in [0.15, 0.2) is 18.7 Å². The lowest BCUT2D eigenvalue weighted by Gasteiger charge is -2.18. The molecule has 1 saturated heterocycles. The van der Waals surface area contributed by atoms with Gasteiger partial charge in [-0.05, 0) is 6.42 Å². The van der Waals surface area contributed by atoms with Crippen LogP contribution < -0.4 is 5.32 Å². The number of aromatic nitrogens is 2. The predicted octanol–water partition coefficient (Wildman–Crippen LogP) is 0.482. The molecule has 1 atom stereocenters. The molecule has 0 saturated carbocycles. The Balaban J connectivity index is 1.81. The van der Waals surface area contributed by atoms with Gasteiger partial charge < -0.3 is 14.8 Å². The molecule has 2 heterocycles. The van der Waals surface area contributed by atoms with Crippen LogP contribution in [0, 0.1) is 0 Å². The van der Waals surface area contributed by atoms with Gasteiger partial charge in [-0.3, -0.25) is 4.79 Å². The van der Waals surface area contributed by atoms with Crippen LogP contribution in [0.5, 0.6) is 0 Å². The molecular weight excluding hydrogens is 216 g/mol. The molecule has 17 heavy (non-hydrogen) atoms. The number of carbonyl (C=O) groups is 1. The highest BCUT2D eigenvalue weighted by Gasteiger charge is 2.31. The molecule has 1 N–H and O–H groups in total. The summed E-state index contributed by atoms with van der Waals surface area (Å²) in [6.07, 6.45) is 6.38. The summed E-state index contributed by atoms with van der Waals surface area (Å²) in [5.74, 6) is 0.235. The first-order valence-corrected chi connectivity index (χ1v) is 6.17. The number of carbonyl (C=O) groups excluding carboxylic acids is 1. The summed E-state index contributed by atoms with van der Waals surface area (Å²) in [6, 6.07) is 0.371. The van der Waals surface area contributed by atoms with Gasteiger partial charge in [-0.1, -0.05) is 13.8 Å². The molecule has 94 valence electrons. The Morgan fingerprint density at radius 3 is 3.00 bits per heavy atom. The van der Waals surface area contributed by atoms with Gasteiger partial charge in [0, 0.05) is 38.1 Å². The van der Waals surface area contributed by atoms with Crippen molar-refractivity contribution in [3.63, 3.8) is 0 Å². The van der Waals surface area contributed by atoms with Crippen LogP contribution >= 0.6 is 0 Å². The van der Waals surface area contributed by atoms with Crippen LogP contribution in [0.2, 0.25) is 0 Å². The minimum atomic E-state index is 0.0118. The highest BCUT2D eigenvalue weighted by molar-refractivity contribution is 5.83. The molecule has 1 fully saturated rings. The summed E-state index contributed by atoms with van der Waals surface area (Å²) in [5.41, 5.74) is 0. The zero-order valence-corrected chi connectivity index (χ0v) is 10.5. The highest BCUT2D eigenvalue weighted by atomic mass is 16.2. The number of likely N-dealkylation sites (tertiary alicyclic amines) is 1. The molecule has 1 aromatic heterocycles. The molecule has 1 aliphatic heterocycles. The summed E-state index contributed by atoms with van der Waals surface area (Å²) in [5, 5.41) is 3.30. The molecule has 0 radical (unpaired) electrons. The van der Waals surface area contributed by atoms with Gasteiger partial charge in [0.25, 0.3) is 0 Å². The van der Waals surface area contributed by atoms with Crippen molar-refractivity contribution in [3.05, 3.63) is 18.7 Å². The molecule has 1 unspecified atom stereocenters. The van der Waals surface area contributed by atoms with Crippen molar-refractivity contribution in [2.75, 3.05) is 13.1 Å². The second-order valence-corrected chi connectivity index (χ2v) is 4.79. The topological polar surface area (TPSA) is 50.2 Å². The summed E-state index contributed by atoms with van der Waals surface area (Å²) in [6.45, 7) is 6.59. The minimum Gasteiger partial charge on any atom is -0.339 e. The van der Waals surface area contributed by atoms with Gasteiger partial charge in [0.05, 0.1) is 12.4 Å². The average Bonchev–Trinajstić information content (AvgIpc) is 2.88. The number of nitrogens with one attached hydrogen (secondary N) is 1. The lowest BCUT2D eigenvalue weighted by molar-refractivity contribution is -0.129. The highest BCUT2D eigenvalue weighted by Crippen LogP contribution is 2.11. The van der Waals surface area contributed by atoms with E-state index in [4.69, 9.17) is 0 Å². The molecule has 1 amide bonds. The van der Waals surface area contributed by atoms with Crippen molar-refractivity contribution in [2.24, 2.45) is 0 Å². The molecule has 0 aromatic carbocycles. The Hall–Kier alpha value is -1.36. The van der Waals surface area contributed by atoms with E-state index in [1.165, 1.54) is 0 Å². The second-order valence-electron chi connectivity index (χ2n) is 4.79. The fourth-order valence-electron chi connectivity index (χ4n) is 2.17. The Morgan fingerprint density at radius 2 is 2.35 bits per heavy atom. The van der Waals surface area contributed by atoms with E-state index in [9.17, 15) is 4.79 Å². The smallest absolute Gasteiger partial charge is 0.239 e. The summed E-state index contributed by atoms with van der Waals surface area (Å²) in [7, 11) is 0. The molecule has 5 nitrogen and oxygen atoms in total. The lowest BCUT2D eigenvalue weighted by Crippen LogP contribution is -2.42. The Morgan fingerprint density at radius 1 is 1.53 bits per heavy atom. The maximum Gasteiger partial charge on any atom is 0.239 e. The van der Waals surface area contributed by atoms with Gasteiger partial charge in [-0.2, -0.15) is 0 Å². The van der Waals surface area contributed by atoms with Crippen molar-refractivity contribution in [3.8, 4) is 0 Å². The molecule has 2 rings (SSSR count). The van der Waals surface area contributed by atoms with Crippen LogP contribution in [0.4, 0.5) is 0 Å². The fourth-order valence-corrected chi connectivity index (χ4v) is 2.17. The number of nitrogens with zero attached hydrogens (tertiary/aromatic N) is 3. The van der Waals surface area contributed by atoms with Crippen LogP contribution in [-0.4, -0.2) is 45.5 Å². The van der Waals surface area contributed by atoms with Gasteiger partial charge in [0.2, 0.25) is 5.91 Å². The van der Waals surface area contributed by atoms with Crippen LogP contribution in [0.25, 0.3) is 0 Å². The lowest BCUT2D eigenvalue weighted by atomic mass is 10.2. The van der Waals surface area contributed by atoms with Gasteiger partial charge in [0.1, 0.15) is 0 Å². The van der Waals surface area contributed by atoms with Gasteiger partial charge >= 0.3 is 0 Å². The van der Waals surface area contributed by atoms with Crippen LogP contribution in [-0.2, 0) is 11.3 Å². The van der Waals surface area contributed by atoms with E-state index in [-0.39, 0.29) is 11.9 Å². The summed E-state index contributed by atoms with van der Waals surface area (Å²) >= 11 is 0. The van der Waals surface area contributed by atoms with Gasteiger partial charge in [0.15, 0.2) is 0 Å². The molecule has 1 aliphatic rings. The van der Waals surface area contributed by atoms with Crippen molar-refractivity contribution < 1.29 is 4.79 Å². The Bertz CT molecular complexity index is 361. The molecule has 0 bridgehead atoms. The van der Waals surface area contributed by atoms with Crippen molar-refractivity contribution in [2.45, 2.75) is 38.9 Å². The van der Waals surface area contributed by atoms with Gasteiger partial charge in [-0.15, -0.1) is 0 Å². The van der Waals surface area contributed by atoms with E-state index >= 15 is 0 Å². The third-order valence-electron chi connectivity index (χ3n) is 3.02. The summed E-state index contributed by atoms with van der Waals surface area (Å²) in [4.78, 5) is 18.0. The Kier molecular flexibility index (Phi) is 3.78. The van der Waals surface area contributed by atoms with E-state index in [1.807, 2.05) is 15.7 Å². The van der Waals surface area contributed by atoms with E-state index in [1.54, 1.807) is 12.5 Å². The maximum atomic E-state index is 12.0. The molecule has 1 aromatic rings. The number of imidazole rings is 1. The van der Waals surface area contributed by atoms with E-state index < -0.39 is 0 Å². The molecule has 5 heteroatoms. The minimum absolute atomic E-state index is 0.0118. The van der Waals surface area contributed by atoms with Crippen molar-refractivity contribution >= 4 is 5.91 Å². The van der Waals surface area contributed by atoms with Gasteiger partial charge in [-0.25, -0.2) is 4.98 Å². The quantitative estimate of drug-likeness (QED) is 0.809. The molecule has 0 aliphatic carbocycles. The van der Waals surface area contributed by atoms with E-state index in [0.717, 1.165) is 26.1 Å². The van der Waals surface area contributed by atoms with Crippen molar-refractivity contribution in [1.82, 2.24) is 19.8 Å². The Labute approximate surface area is 102 Å². The SMILES string of the molecule is CC(C)NC1CCN(CCn2ccnc2)C1=O.